The van der Waals surface area contributed by atoms with Crippen molar-refractivity contribution in [1.82, 2.24) is 74.1 Å². The molecule has 1 fully saturated rings. The van der Waals surface area contributed by atoms with E-state index in [1.807, 2.05) is 0 Å². The van der Waals surface area contributed by atoms with Gasteiger partial charge < -0.3 is 128 Å². The van der Waals surface area contributed by atoms with Crippen molar-refractivity contribution in [2.45, 2.75) is 189 Å². The van der Waals surface area contributed by atoms with Crippen molar-refractivity contribution >= 4 is 127 Å². The Morgan fingerprint density at radius 1 is 0.475 bits per heavy atom. The van der Waals surface area contributed by atoms with Crippen LogP contribution in [0.1, 0.15) is 94.9 Å². The molecule has 29 N–H and O–H groups in total. The molecular formula is C78H110N18O22S2. The molecule has 14 amide bonds. The van der Waals surface area contributed by atoms with Gasteiger partial charge in [0.05, 0.1) is 37.8 Å². The largest absolute Gasteiger partial charge is 0.481 e. The number of amides is 14. The van der Waals surface area contributed by atoms with E-state index in [4.69, 9.17) is 32.8 Å². The summed E-state index contributed by atoms with van der Waals surface area (Å²) in [7, 11) is 1.49. The number of carboxylic acids is 2. The first kappa shape index (κ1) is 101. The van der Waals surface area contributed by atoms with Crippen LogP contribution in [0, 0.1) is 0 Å². The van der Waals surface area contributed by atoms with E-state index < -0.39 is 216 Å². The normalized spacial score (nSPS) is 23.0. The van der Waals surface area contributed by atoms with Crippen molar-refractivity contribution in [3.8, 4) is 0 Å². The Kier molecular flexibility index (Phi) is 43.9. The summed E-state index contributed by atoms with van der Waals surface area (Å²) in [6, 6.07) is 9.57. The number of aliphatic hydroxyl groups excluding tert-OH is 3. The molecule has 2 heterocycles. The Morgan fingerprint density at radius 2 is 0.842 bits per heavy atom. The number of H-pyrrole nitrogens is 1. The van der Waals surface area contributed by atoms with Gasteiger partial charge in [0.2, 0.25) is 82.7 Å². The highest BCUT2D eigenvalue weighted by Gasteiger charge is 2.40. The summed E-state index contributed by atoms with van der Waals surface area (Å²) >= 11 is 0. The number of aliphatic carboxylic acids is 2. The summed E-state index contributed by atoms with van der Waals surface area (Å²) < 4.78 is 0. The number of rotatable bonds is 26. The van der Waals surface area contributed by atoms with Crippen LogP contribution in [0.15, 0.2) is 121 Å². The summed E-state index contributed by atoms with van der Waals surface area (Å²) in [5, 5.41) is 83.5. The summed E-state index contributed by atoms with van der Waals surface area (Å²) in [5.41, 5.74) is 25.6. The highest BCUT2D eigenvalue weighted by atomic mass is 33.1. The minimum atomic E-state index is -1.99. The molecule has 1 aliphatic rings. The lowest BCUT2D eigenvalue weighted by Crippen LogP contribution is -2.63. The standard InChI is InChI=1S/C76H104N18O19S2.C2H4O2.H2O/c1-41(79)64(100)82-37-61(99)83-58-39-114-115-40-59(76(112)113)92-72(108)57(38-95)91-75(111)63(43(3)97)94-71(107)54(33-46-23-11-6-12-24-46)90-74(110)62(42(2)96)93-66(102)51(28-16-18-30-78)84-69(105)55(34-47-36-81-49-26-14-13-25-48(47)49)88-68(104)53(32-45-21-9-5-10-22-45)86-67(103)52(31-44-19-7-4-8-20-44)87-70(106)56(35-60(80)98)89-65(101)50(85-73(58)109)27-15-17-29-77;1-2(3)4;/h4-14,19-26,36,41-43,50-59,62-63,81,95-97H,15-18,27-35,37-40,77-79H2,1-3H3,(H2,80,98)(H,82,100)(H,83,99)(H,84,105)(H,85,109)(H,86,103)(H,87,106)(H,88,104)(H,89,101)(H,90,110)(H,91,111)(H,92,108)(H,93,102)(H,94,107)(H,112,113);1H3,(H,3,4);1H2/t41-,42?,43?,50-,51-,52-,53-,54-,55-,56-,57-,58-,59-,62-,63-;;/m0../s1. The van der Waals surface area contributed by atoms with Gasteiger partial charge in [-0.2, -0.15) is 0 Å². The number of hydrogen-bond acceptors (Lipinski definition) is 24. The maximum atomic E-state index is 15.4. The molecule has 42 heteroatoms. The number of carbonyl (C=O) groups is 16. The molecule has 1 aromatic heterocycles. The number of carboxylic acid groups (broad SMARTS) is 2. The summed E-state index contributed by atoms with van der Waals surface area (Å²) in [5.74, 6) is -18.6. The molecule has 0 aliphatic carbocycles. The van der Waals surface area contributed by atoms with E-state index in [0.717, 1.165) is 42.4 Å². The zero-order chi connectivity index (χ0) is 87.8. The number of para-hydroxylation sites is 1. The van der Waals surface area contributed by atoms with Crippen molar-refractivity contribution in [2.24, 2.45) is 22.9 Å². The number of aromatic amines is 1. The number of hydrogen-bond donors (Lipinski definition) is 23. The monoisotopic (exact) mass is 1710 g/mol. The predicted molar refractivity (Wildman–Crippen MR) is 442 cm³/mol. The Hall–Kier alpha value is -11.6. The minimum absolute atomic E-state index is 0. The molecule has 5 aromatic rings. The summed E-state index contributed by atoms with van der Waals surface area (Å²) in [6.07, 6.45) is -3.48. The quantitative estimate of drug-likeness (QED) is 0.0181. The van der Waals surface area contributed by atoms with Crippen LogP contribution in [0.4, 0.5) is 0 Å². The Balaban J connectivity index is 0.00000591. The lowest BCUT2D eigenvalue weighted by Gasteiger charge is -2.29. The molecule has 0 bridgehead atoms. The molecule has 0 saturated carbocycles. The molecule has 40 nitrogen and oxygen atoms in total. The van der Waals surface area contributed by atoms with Gasteiger partial charge in [-0.3, -0.25) is 71.9 Å². The van der Waals surface area contributed by atoms with Gasteiger partial charge in [0.15, 0.2) is 0 Å². The maximum Gasteiger partial charge on any atom is 0.327 e. The summed E-state index contributed by atoms with van der Waals surface area (Å²) in [6.45, 7) is 2.96. The molecule has 656 valence electrons. The topological polar surface area (TPSA) is 682 Å². The number of unbranched alkanes of at least 4 members (excludes halogenated alkanes) is 2. The Morgan fingerprint density at radius 3 is 1.27 bits per heavy atom. The van der Waals surface area contributed by atoms with Gasteiger partial charge in [0.1, 0.15) is 72.5 Å². The van der Waals surface area contributed by atoms with E-state index in [9.17, 15) is 78.0 Å². The number of nitrogens with one attached hydrogen (secondary N) is 14. The van der Waals surface area contributed by atoms with Gasteiger partial charge in [-0.25, -0.2) is 4.79 Å². The van der Waals surface area contributed by atoms with Crippen molar-refractivity contribution in [3.05, 3.63) is 144 Å². The van der Waals surface area contributed by atoms with Gasteiger partial charge in [0.25, 0.3) is 5.97 Å². The minimum Gasteiger partial charge on any atom is -0.481 e. The van der Waals surface area contributed by atoms with Crippen molar-refractivity contribution < 1.29 is 108 Å². The van der Waals surface area contributed by atoms with E-state index in [0.29, 0.717) is 39.6 Å². The van der Waals surface area contributed by atoms with Crippen LogP contribution in [-0.2, 0) is 102 Å². The van der Waals surface area contributed by atoms with Gasteiger partial charge in [0, 0.05) is 61.2 Å². The molecule has 4 aromatic carbocycles. The molecule has 0 radical (unpaired) electrons. The molecule has 15 atom stereocenters. The zero-order valence-corrected chi connectivity index (χ0v) is 68.3. The Bertz CT molecular complexity index is 4240. The predicted octanol–water partition coefficient (Wildman–Crippen LogP) is -5.65. The van der Waals surface area contributed by atoms with Crippen LogP contribution in [0.5, 0.6) is 0 Å². The van der Waals surface area contributed by atoms with Gasteiger partial charge in [-0.05, 0) is 101 Å². The molecule has 1 aliphatic heterocycles. The van der Waals surface area contributed by atoms with Crippen molar-refractivity contribution in [1.29, 1.82) is 0 Å². The first-order valence-corrected chi connectivity index (χ1v) is 40.8. The fraction of sp³-hybridized carbons (Fsp3) is 0.462. The van der Waals surface area contributed by atoms with Crippen LogP contribution in [0.25, 0.3) is 10.9 Å². The van der Waals surface area contributed by atoms with Crippen LogP contribution in [0.3, 0.4) is 0 Å². The summed E-state index contributed by atoms with van der Waals surface area (Å²) in [4.78, 5) is 226. The third kappa shape index (κ3) is 34.7. The van der Waals surface area contributed by atoms with Crippen molar-refractivity contribution in [3.63, 3.8) is 0 Å². The highest BCUT2D eigenvalue weighted by Crippen LogP contribution is 2.25. The van der Waals surface area contributed by atoms with Gasteiger partial charge in [-0.15, -0.1) is 0 Å². The first-order valence-electron chi connectivity index (χ1n) is 38.3. The molecule has 1 saturated heterocycles. The number of aliphatic hydroxyl groups is 3. The lowest BCUT2D eigenvalue weighted by atomic mass is 10.00. The number of primary amides is 1. The second-order valence-corrected chi connectivity index (χ2v) is 30.7. The van der Waals surface area contributed by atoms with Crippen LogP contribution >= 0.6 is 21.6 Å². The second kappa shape index (κ2) is 52.3. The van der Waals surface area contributed by atoms with E-state index in [-0.39, 0.29) is 76.4 Å². The van der Waals surface area contributed by atoms with Crippen LogP contribution in [-0.4, -0.2) is 259 Å². The Labute approximate surface area is 699 Å². The smallest absolute Gasteiger partial charge is 0.327 e. The zero-order valence-electron chi connectivity index (χ0n) is 66.6. The van der Waals surface area contributed by atoms with E-state index in [2.05, 4.69) is 74.1 Å². The second-order valence-electron chi connectivity index (χ2n) is 28.1. The molecular weight excluding hydrogens is 1610 g/mol. The fourth-order valence-electron chi connectivity index (χ4n) is 11.9. The molecule has 120 heavy (non-hydrogen) atoms. The van der Waals surface area contributed by atoms with Crippen LogP contribution < -0.4 is 92.1 Å². The SMILES string of the molecule is CC(=O)O.CC(O)[C@@H]1NC(=O)[C@H](Cc2ccccc2)NC(=O)[C@H](C(C)O)NC(=O)[C@H](CCCCN)NC(=O)[C@H](Cc2c[nH]c3ccccc23)NC(=O)[C@H](Cc2ccccc2)NC(=O)[C@H](Cc2ccccc2)NC(=O)[C@H](CC(N)=O)NC(=O)[C@H](CCCCN)NC(=O)[C@@H](NC(=O)CNC(=O)[C@H](C)N)CSSC[C@@H](C(=O)O)NC(=O)[C@H](CO)NC1=O.O. The number of aromatic nitrogens is 1. The molecule has 6 rings (SSSR count). The third-order valence-electron chi connectivity index (χ3n) is 18.3. The van der Waals surface area contributed by atoms with E-state index >= 15 is 14.4 Å². The molecule has 0 spiro atoms. The van der Waals surface area contributed by atoms with Gasteiger partial charge >= 0.3 is 5.97 Å². The average Bonchev–Trinajstić information content (AvgIpc) is 1.64. The first-order chi connectivity index (χ1) is 56.6. The van der Waals surface area contributed by atoms with E-state index in [1.54, 1.807) is 121 Å². The fourth-order valence-corrected chi connectivity index (χ4v) is 14.3. The van der Waals surface area contributed by atoms with E-state index in [1.165, 1.54) is 6.92 Å². The van der Waals surface area contributed by atoms with Gasteiger partial charge in [-0.1, -0.05) is 131 Å². The lowest BCUT2D eigenvalue weighted by molar-refractivity contribution is -0.142. The third-order valence-corrected chi connectivity index (χ3v) is 20.7. The van der Waals surface area contributed by atoms with Crippen molar-refractivity contribution in [2.75, 3.05) is 37.7 Å². The highest BCUT2D eigenvalue weighted by molar-refractivity contribution is 8.76. The maximum absolute atomic E-state index is 15.4. The van der Waals surface area contributed by atoms with Crippen LogP contribution in [0.2, 0.25) is 0 Å². The number of benzene rings is 4. The number of carbonyl (C=O) groups excluding carboxylic acids is 14. The molecule has 2 unspecified atom stereocenters. The average molecular weight is 1720 g/mol. The number of nitrogens with two attached hydrogens (primary N) is 4. The number of fused-ring (bicyclic) bond motifs is 1.